The summed E-state index contributed by atoms with van der Waals surface area (Å²) in [7, 11) is 0. The van der Waals surface area contributed by atoms with E-state index in [1.54, 1.807) is 6.92 Å². The van der Waals surface area contributed by atoms with Crippen LogP contribution in [-0.4, -0.2) is 11.0 Å². The van der Waals surface area contributed by atoms with Gasteiger partial charge >= 0.3 is 6.18 Å². The lowest BCUT2D eigenvalue weighted by molar-refractivity contribution is -0.137. The maximum Gasteiger partial charge on any atom is 0.417 e. The third-order valence-corrected chi connectivity index (χ3v) is 3.03. The second kappa shape index (κ2) is 5.47. The van der Waals surface area contributed by atoms with E-state index in [9.17, 15) is 23.1 Å². The fourth-order valence-electron chi connectivity index (χ4n) is 1.88. The van der Waals surface area contributed by atoms with Crippen LogP contribution in [0.2, 0.25) is 0 Å². The lowest BCUT2D eigenvalue weighted by Crippen LogP contribution is -2.19. The maximum absolute atomic E-state index is 12.9. The van der Waals surface area contributed by atoms with Crippen molar-refractivity contribution < 1.29 is 23.1 Å². The molecule has 0 aliphatic carbocycles. The van der Waals surface area contributed by atoms with E-state index in [0.29, 0.717) is 5.56 Å². The van der Waals surface area contributed by atoms with Crippen LogP contribution in [0.5, 0.6) is 5.75 Å². The van der Waals surface area contributed by atoms with Crippen LogP contribution in [-0.2, 0) is 6.18 Å². The van der Waals surface area contributed by atoms with E-state index in [2.05, 4.69) is 5.32 Å². The van der Waals surface area contributed by atoms with Crippen LogP contribution >= 0.6 is 0 Å². The number of nitrogens with one attached hydrogen (secondary N) is 1. The fraction of sp³-hybridized carbons (Fsp3) is 0.133. The zero-order valence-electron chi connectivity index (χ0n) is 11.0. The van der Waals surface area contributed by atoms with Crippen molar-refractivity contribution in [3.63, 3.8) is 0 Å². The van der Waals surface area contributed by atoms with Gasteiger partial charge in [0.15, 0.2) is 0 Å². The number of halogens is 3. The Labute approximate surface area is 119 Å². The lowest BCUT2D eigenvalue weighted by Gasteiger charge is -2.14. The quantitative estimate of drug-likeness (QED) is 0.880. The number of phenolic OH excluding ortho intramolecular Hbond substituents is 1. The Morgan fingerprint density at radius 3 is 2.43 bits per heavy atom. The summed E-state index contributed by atoms with van der Waals surface area (Å²) in [5.74, 6) is -0.923. The predicted octanol–water partition coefficient (Wildman–Crippen LogP) is 3.97. The van der Waals surface area contributed by atoms with Crippen molar-refractivity contribution in [1.82, 2.24) is 0 Å². The van der Waals surface area contributed by atoms with E-state index in [4.69, 9.17) is 0 Å². The van der Waals surface area contributed by atoms with Gasteiger partial charge in [-0.2, -0.15) is 13.2 Å². The highest BCUT2D eigenvalue weighted by atomic mass is 19.4. The van der Waals surface area contributed by atoms with E-state index in [0.717, 1.165) is 12.1 Å². The molecule has 0 aromatic heterocycles. The number of amides is 1. The minimum Gasteiger partial charge on any atom is -0.508 e. The van der Waals surface area contributed by atoms with Gasteiger partial charge in [0.05, 0.1) is 11.1 Å². The minimum absolute atomic E-state index is 0.0445. The van der Waals surface area contributed by atoms with Crippen molar-refractivity contribution >= 4 is 11.6 Å². The second-order valence-electron chi connectivity index (χ2n) is 4.45. The highest BCUT2D eigenvalue weighted by molar-refractivity contribution is 6.05. The summed E-state index contributed by atoms with van der Waals surface area (Å²) >= 11 is 0. The fourth-order valence-corrected chi connectivity index (χ4v) is 1.88. The summed E-state index contributed by atoms with van der Waals surface area (Å²) in [5.41, 5.74) is -0.819. The van der Waals surface area contributed by atoms with E-state index in [1.165, 1.54) is 30.3 Å². The number of alkyl halides is 3. The number of phenols is 1. The Morgan fingerprint density at radius 2 is 1.76 bits per heavy atom. The molecule has 1 amide bonds. The molecule has 3 nitrogen and oxygen atoms in total. The number of benzene rings is 2. The SMILES string of the molecule is Cc1c(O)cccc1NC(=O)c1ccccc1C(F)(F)F. The number of anilines is 1. The number of rotatable bonds is 2. The molecular weight excluding hydrogens is 283 g/mol. The third-order valence-electron chi connectivity index (χ3n) is 3.03. The zero-order valence-corrected chi connectivity index (χ0v) is 11.0. The number of hydrogen-bond donors (Lipinski definition) is 2. The third kappa shape index (κ3) is 3.16. The molecule has 0 aliphatic heterocycles. The van der Waals surface area contributed by atoms with Crippen LogP contribution in [0.4, 0.5) is 18.9 Å². The number of aromatic hydroxyl groups is 1. The first kappa shape index (κ1) is 14.9. The van der Waals surface area contributed by atoms with E-state index < -0.39 is 23.2 Å². The van der Waals surface area contributed by atoms with Gasteiger partial charge in [-0.15, -0.1) is 0 Å². The summed E-state index contributed by atoms with van der Waals surface area (Å²) in [6.45, 7) is 1.56. The molecular formula is C15H12F3NO2. The van der Waals surface area contributed by atoms with Crippen molar-refractivity contribution in [2.45, 2.75) is 13.1 Å². The van der Waals surface area contributed by atoms with Crippen LogP contribution in [0, 0.1) is 6.92 Å². The van der Waals surface area contributed by atoms with Crippen molar-refractivity contribution in [2.24, 2.45) is 0 Å². The lowest BCUT2D eigenvalue weighted by atomic mass is 10.1. The Bertz CT molecular complexity index is 681. The smallest absolute Gasteiger partial charge is 0.417 e. The molecule has 0 fully saturated rings. The molecule has 2 aromatic carbocycles. The Hall–Kier alpha value is -2.50. The van der Waals surface area contributed by atoms with Gasteiger partial charge in [0, 0.05) is 11.3 Å². The molecule has 110 valence electrons. The van der Waals surface area contributed by atoms with Gasteiger partial charge in [-0.3, -0.25) is 4.79 Å². The van der Waals surface area contributed by atoms with Gasteiger partial charge in [-0.05, 0) is 31.2 Å². The van der Waals surface area contributed by atoms with Crippen molar-refractivity contribution in [1.29, 1.82) is 0 Å². The summed E-state index contributed by atoms with van der Waals surface area (Å²) in [4.78, 5) is 12.1. The zero-order chi connectivity index (χ0) is 15.6. The monoisotopic (exact) mass is 295 g/mol. The molecule has 2 aromatic rings. The van der Waals surface area contributed by atoms with Crippen molar-refractivity contribution in [2.75, 3.05) is 5.32 Å². The number of carbonyl (C=O) groups is 1. The predicted molar refractivity (Wildman–Crippen MR) is 72.2 cm³/mol. The summed E-state index contributed by atoms with van der Waals surface area (Å²) < 4.78 is 38.6. The highest BCUT2D eigenvalue weighted by Gasteiger charge is 2.34. The summed E-state index contributed by atoms with van der Waals surface area (Å²) in [5, 5.41) is 11.9. The molecule has 0 saturated carbocycles. The minimum atomic E-state index is -4.61. The van der Waals surface area contributed by atoms with Crippen LogP contribution in [0.15, 0.2) is 42.5 Å². The highest BCUT2D eigenvalue weighted by Crippen LogP contribution is 2.32. The largest absolute Gasteiger partial charge is 0.508 e. The second-order valence-corrected chi connectivity index (χ2v) is 4.45. The standard InChI is InChI=1S/C15H12F3NO2/c1-9-12(7-4-8-13(9)20)19-14(21)10-5-2-3-6-11(10)15(16,17)18/h2-8,20H,1H3,(H,19,21). The molecule has 0 spiro atoms. The molecule has 0 bridgehead atoms. The maximum atomic E-state index is 12.9. The molecule has 0 aliphatic rings. The average Bonchev–Trinajstić information content (AvgIpc) is 2.43. The first-order valence-corrected chi connectivity index (χ1v) is 6.07. The van der Waals surface area contributed by atoms with Crippen LogP contribution < -0.4 is 5.32 Å². The summed E-state index contributed by atoms with van der Waals surface area (Å²) in [6, 6.07) is 8.96. The van der Waals surface area contributed by atoms with E-state index >= 15 is 0 Å². The number of carbonyl (C=O) groups excluding carboxylic acids is 1. The Balaban J connectivity index is 2.36. The Kier molecular flexibility index (Phi) is 3.88. The molecule has 0 heterocycles. The molecule has 6 heteroatoms. The molecule has 0 radical (unpaired) electrons. The molecule has 0 saturated heterocycles. The van der Waals surface area contributed by atoms with Crippen molar-refractivity contribution in [3.05, 3.63) is 59.2 Å². The Morgan fingerprint density at radius 1 is 1.10 bits per heavy atom. The van der Waals surface area contributed by atoms with Crippen LogP contribution in [0.25, 0.3) is 0 Å². The number of hydrogen-bond acceptors (Lipinski definition) is 2. The van der Waals surface area contributed by atoms with Crippen LogP contribution in [0.1, 0.15) is 21.5 Å². The van der Waals surface area contributed by atoms with Crippen molar-refractivity contribution in [3.8, 4) is 5.75 Å². The topological polar surface area (TPSA) is 49.3 Å². The summed E-state index contributed by atoms with van der Waals surface area (Å²) in [6.07, 6.45) is -4.61. The van der Waals surface area contributed by atoms with Gasteiger partial charge in [0.25, 0.3) is 5.91 Å². The van der Waals surface area contributed by atoms with Gasteiger partial charge in [-0.25, -0.2) is 0 Å². The molecule has 2 rings (SSSR count). The van der Waals surface area contributed by atoms with Gasteiger partial charge in [-0.1, -0.05) is 18.2 Å². The molecule has 21 heavy (non-hydrogen) atoms. The first-order chi connectivity index (χ1) is 9.80. The molecule has 0 unspecified atom stereocenters. The van der Waals surface area contributed by atoms with E-state index in [-0.39, 0.29) is 11.4 Å². The normalized spacial score (nSPS) is 11.2. The van der Waals surface area contributed by atoms with Crippen LogP contribution in [0.3, 0.4) is 0 Å². The van der Waals surface area contributed by atoms with Gasteiger partial charge in [0.2, 0.25) is 0 Å². The average molecular weight is 295 g/mol. The molecule has 0 atom stereocenters. The molecule has 2 N–H and O–H groups in total. The van der Waals surface area contributed by atoms with E-state index in [1.807, 2.05) is 0 Å². The van der Waals surface area contributed by atoms with Gasteiger partial charge < -0.3 is 10.4 Å². The van der Waals surface area contributed by atoms with Gasteiger partial charge in [0.1, 0.15) is 5.75 Å². The first-order valence-electron chi connectivity index (χ1n) is 6.07.